The van der Waals surface area contributed by atoms with Crippen LogP contribution in [-0.4, -0.2) is 19.9 Å². The predicted molar refractivity (Wildman–Crippen MR) is 72.9 cm³/mol. The van der Waals surface area contributed by atoms with Gasteiger partial charge in [-0.15, -0.1) is 0 Å². The number of unbranched alkanes of at least 4 members (excludes halogenated alkanes) is 8. The molecule has 0 bridgehead atoms. The first-order valence-electron chi connectivity index (χ1n) is 7.24. The summed E-state index contributed by atoms with van der Waals surface area (Å²) in [4.78, 5) is 11.0. The molecule has 0 fully saturated rings. The Morgan fingerprint density at radius 2 is 1.33 bits per heavy atom. The van der Waals surface area contributed by atoms with E-state index in [1.165, 1.54) is 25.7 Å². The molecule has 0 aliphatic heterocycles. The zero-order valence-electron chi connectivity index (χ0n) is 12.2. The average Bonchev–Trinajstić information content (AvgIpc) is 2.35. The highest BCUT2D eigenvalue weighted by Gasteiger charge is 2.49. The van der Waals surface area contributed by atoms with Gasteiger partial charge in [0.2, 0.25) is 0 Å². The zero-order valence-corrected chi connectivity index (χ0v) is 13.1. The van der Waals surface area contributed by atoms with Crippen LogP contribution in [0.1, 0.15) is 71.1 Å². The summed E-state index contributed by atoms with van der Waals surface area (Å²) < 4.78 is 60.4. The highest BCUT2D eigenvalue weighted by molar-refractivity contribution is 7.88. The topological polar surface area (TPSA) is 60.4 Å². The quantitative estimate of drug-likeness (QED) is 0.321. The number of carbonyl (C=O) groups excluding carboxylic acids is 1. The molecule has 0 saturated carbocycles. The second kappa shape index (κ2) is 10.0. The standard InChI is InChI=1S/C13H23F3O4S/c1-2-3-4-5-6-7-8-9-10-11-12(17)20-21(18,19)13(14,15)16/h2-11H2,1H3. The first-order valence-corrected chi connectivity index (χ1v) is 8.65. The van der Waals surface area contributed by atoms with Gasteiger partial charge in [-0.25, -0.2) is 0 Å². The molecule has 0 spiro atoms. The third-order valence-electron chi connectivity index (χ3n) is 2.97. The van der Waals surface area contributed by atoms with E-state index in [2.05, 4.69) is 11.1 Å². The molecular formula is C13H23F3O4S. The Bertz CT molecular complexity index is 391. The van der Waals surface area contributed by atoms with Gasteiger partial charge in [0.25, 0.3) is 0 Å². The fourth-order valence-corrected chi connectivity index (χ4v) is 2.21. The molecule has 0 aromatic carbocycles. The van der Waals surface area contributed by atoms with E-state index in [1.54, 1.807) is 0 Å². The Labute approximate surface area is 124 Å². The van der Waals surface area contributed by atoms with E-state index >= 15 is 0 Å². The summed E-state index contributed by atoms with van der Waals surface area (Å²) in [5, 5.41) is 0. The lowest BCUT2D eigenvalue weighted by Crippen LogP contribution is -2.27. The van der Waals surface area contributed by atoms with Crippen LogP contribution < -0.4 is 0 Å². The van der Waals surface area contributed by atoms with Gasteiger partial charge < -0.3 is 4.18 Å². The summed E-state index contributed by atoms with van der Waals surface area (Å²) in [6.45, 7) is 2.14. The van der Waals surface area contributed by atoms with Gasteiger partial charge in [0.15, 0.2) is 0 Å². The average molecular weight is 332 g/mol. The summed E-state index contributed by atoms with van der Waals surface area (Å²) in [5.74, 6) is -1.35. The van der Waals surface area contributed by atoms with E-state index in [0.29, 0.717) is 12.8 Å². The maximum absolute atomic E-state index is 11.9. The molecule has 21 heavy (non-hydrogen) atoms. The summed E-state index contributed by atoms with van der Waals surface area (Å²) in [5.41, 5.74) is -5.55. The zero-order chi connectivity index (χ0) is 16.4. The van der Waals surface area contributed by atoms with Crippen LogP contribution in [0.4, 0.5) is 13.2 Å². The normalized spacial score (nSPS) is 12.4. The van der Waals surface area contributed by atoms with Crippen molar-refractivity contribution in [2.75, 3.05) is 0 Å². The van der Waals surface area contributed by atoms with Gasteiger partial charge in [0.1, 0.15) is 0 Å². The van der Waals surface area contributed by atoms with Crippen molar-refractivity contribution < 1.29 is 30.6 Å². The van der Waals surface area contributed by atoms with Crippen molar-refractivity contribution >= 4 is 16.1 Å². The fourth-order valence-electron chi connectivity index (χ4n) is 1.79. The molecule has 0 radical (unpaired) electrons. The minimum Gasteiger partial charge on any atom is -0.339 e. The number of hydrogen-bond acceptors (Lipinski definition) is 4. The van der Waals surface area contributed by atoms with Crippen molar-refractivity contribution in [3.63, 3.8) is 0 Å². The fraction of sp³-hybridized carbons (Fsp3) is 0.923. The molecule has 8 heteroatoms. The molecule has 0 aromatic rings. The van der Waals surface area contributed by atoms with Gasteiger partial charge in [0.05, 0.1) is 0 Å². The monoisotopic (exact) mass is 332 g/mol. The van der Waals surface area contributed by atoms with Gasteiger partial charge in [0, 0.05) is 6.42 Å². The van der Waals surface area contributed by atoms with Crippen molar-refractivity contribution in [1.29, 1.82) is 0 Å². The Morgan fingerprint density at radius 1 is 0.905 bits per heavy atom. The summed E-state index contributed by atoms with van der Waals surface area (Å²) in [6.07, 6.45) is 8.47. The molecule has 0 N–H and O–H groups in total. The molecule has 0 atom stereocenters. The van der Waals surface area contributed by atoms with E-state index in [-0.39, 0.29) is 6.42 Å². The lowest BCUT2D eigenvalue weighted by atomic mass is 10.1. The van der Waals surface area contributed by atoms with Crippen LogP contribution in [-0.2, 0) is 19.1 Å². The third-order valence-corrected chi connectivity index (χ3v) is 3.94. The first-order chi connectivity index (χ1) is 9.70. The van der Waals surface area contributed by atoms with Gasteiger partial charge in [-0.2, -0.15) is 21.6 Å². The van der Waals surface area contributed by atoms with Gasteiger partial charge in [-0.05, 0) is 6.42 Å². The summed E-state index contributed by atoms with van der Waals surface area (Å²) in [6, 6.07) is 0. The number of hydrogen-bond donors (Lipinski definition) is 0. The molecule has 0 rings (SSSR count). The maximum Gasteiger partial charge on any atom is 0.534 e. The highest BCUT2D eigenvalue weighted by Crippen LogP contribution is 2.25. The Morgan fingerprint density at radius 3 is 1.76 bits per heavy atom. The van der Waals surface area contributed by atoms with Crippen LogP contribution in [0.2, 0.25) is 0 Å². The Hall–Kier alpha value is -0.790. The minimum atomic E-state index is -5.81. The Kier molecular flexibility index (Phi) is 9.65. The Balaban J connectivity index is 3.64. The van der Waals surface area contributed by atoms with Gasteiger partial charge in [-0.3, -0.25) is 4.79 Å². The number of carbonyl (C=O) groups is 1. The van der Waals surface area contributed by atoms with E-state index in [0.717, 1.165) is 19.3 Å². The highest BCUT2D eigenvalue weighted by atomic mass is 32.2. The number of halogens is 3. The third kappa shape index (κ3) is 9.71. The van der Waals surface area contributed by atoms with Gasteiger partial charge >= 0.3 is 21.6 Å². The first kappa shape index (κ1) is 20.2. The largest absolute Gasteiger partial charge is 0.534 e. The van der Waals surface area contributed by atoms with Gasteiger partial charge in [-0.1, -0.05) is 58.3 Å². The number of rotatable bonds is 11. The van der Waals surface area contributed by atoms with Crippen LogP contribution in [0.3, 0.4) is 0 Å². The van der Waals surface area contributed by atoms with E-state index < -0.39 is 21.6 Å². The molecule has 0 aliphatic carbocycles. The molecule has 0 unspecified atom stereocenters. The van der Waals surface area contributed by atoms with Crippen molar-refractivity contribution in [1.82, 2.24) is 0 Å². The SMILES string of the molecule is CCCCCCCCCCCC(=O)OS(=O)(=O)C(F)(F)F. The van der Waals surface area contributed by atoms with Crippen LogP contribution in [0, 0.1) is 0 Å². The number of alkyl halides is 3. The van der Waals surface area contributed by atoms with Crippen molar-refractivity contribution in [3.8, 4) is 0 Å². The lowest BCUT2D eigenvalue weighted by Gasteiger charge is -2.07. The molecule has 0 amide bonds. The van der Waals surface area contributed by atoms with Crippen molar-refractivity contribution in [3.05, 3.63) is 0 Å². The molecule has 0 aliphatic rings. The summed E-state index contributed by atoms with van der Waals surface area (Å²) >= 11 is 0. The second-order valence-corrected chi connectivity index (χ2v) is 6.47. The molecule has 126 valence electrons. The van der Waals surface area contributed by atoms with E-state index in [9.17, 15) is 26.4 Å². The predicted octanol–water partition coefficient (Wildman–Crippen LogP) is 4.30. The molecular weight excluding hydrogens is 309 g/mol. The van der Waals surface area contributed by atoms with Crippen LogP contribution >= 0.6 is 0 Å². The van der Waals surface area contributed by atoms with Crippen molar-refractivity contribution in [2.24, 2.45) is 0 Å². The van der Waals surface area contributed by atoms with E-state index in [4.69, 9.17) is 0 Å². The van der Waals surface area contributed by atoms with E-state index in [1.807, 2.05) is 0 Å². The van der Waals surface area contributed by atoms with Crippen LogP contribution in [0.5, 0.6) is 0 Å². The molecule has 0 heterocycles. The van der Waals surface area contributed by atoms with Crippen molar-refractivity contribution in [2.45, 2.75) is 76.6 Å². The molecule has 4 nitrogen and oxygen atoms in total. The second-order valence-electron chi connectivity index (χ2n) is 4.93. The molecule has 0 saturated heterocycles. The maximum atomic E-state index is 11.9. The smallest absolute Gasteiger partial charge is 0.339 e. The summed E-state index contributed by atoms with van der Waals surface area (Å²) in [7, 11) is -5.81. The minimum absolute atomic E-state index is 0.314. The lowest BCUT2D eigenvalue weighted by molar-refractivity contribution is -0.136. The molecule has 0 aromatic heterocycles. The van der Waals surface area contributed by atoms with Crippen LogP contribution in [0.15, 0.2) is 0 Å². The van der Waals surface area contributed by atoms with Crippen LogP contribution in [0.25, 0.3) is 0 Å².